The summed E-state index contributed by atoms with van der Waals surface area (Å²) in [5.74, 6) is 0. The van der Waals surface area contributed by atoms with Crippen LogP contribution < -0.4 is 0 Å². The van der Waals surface area contributed by atoms with Crippen LogP contribution in [0.4, 0.5) is 0 Å². The third-order valence-electron chi connectivity index (χ3n) is 4.09. The summed E-state index contributed by atoms with van der Waals surface area (Å²) in [6, 6.07) is 4.23. The molecule has 2 aliphatic rings. The molecule has 3 rings (SSSR count). The summed E-state index contributed by atoms with van der Waals surface area (Å²) < 4.78 is 0. The molecule has 1 nitrogen and oxygen atoms in total. The van der Waals surface area contributed by atoms with E-state index < -0.39 is 0 Å². The van der Waals surface area contributed by atoms with Crippen molar-refractivity contribution in [1.82, 2.24) is 4.98 Å². The Hall–Kier alpha value is -1.37. The van der Waals surface area contributed by atoms with Gasteiger partial charge in [0.15, 0.2) is 0 Å². The summed E-state index contributed by atoms with van der Waals surface area (Å²) in [7, 11) is 0. The molecule has 0 radical (unpaired) electrons. The van der Waals surface area contributed by atoms with Crippen LogP contribution in [0.3, 0.4) is 0 Å². The van der Waals surface area contributed by atoms with Crippen LogP contribution in [0.2, 0.25) is 0 Å². The highest BCUT2D eigenvalue weighted by Crippen LogP contribution is 2.56. The fraction of sp³-hybridized carbons (Fsp3) is 0.471. The molecule has 0 unspecified atom stereocenters. The summed E-state index contributed by atoms with van der Waals surface area (Å²) in [6.07, 6.45) is 16.7. The van der Waals surface area contributed by atoms with Gasteiger partial charge < -0.3 is 0 Å². The second-order valence-corrected chi connectivity index (χ2v) is 5.66. The van der Waals surface area contributed by atoms with Crippen molar-refractivity contribution in [1.29, 1.82) is 0 Å². The zero-order chi connectivity index (χ0) is 12.4. The zero-order valence-corrected chi connectivity index (χ0v) is 11.2. The van der Waals surface area contributed by atoms with E-state index in [0.29, 0.717) is 5.41 Å². The minimum absolute atomic E-state index is 0.437. The predicted octanol–water partition coefficient (Wildman–Crippen LogP) is 4.77. The predicted molar refractivity (Wildman–Crippen MR) is 76.1 cm³/mol. The van der Waals surface area contributed by atoms with Crippen LogP contribution >= 0.6 is 0 Å². The third kappa shape index (κ3) is 2.27. The van der Waals surface area contributed by atoms with Gasteiger partial charge in [0.2, 0.25) is 0 Å². The Bertz CT molecular complexity index is 478. The Labute approximate surface area is 110 Å². The molecule has 1 saturated carbocycles. The summed E-state index contributed by atoms with van der Waals surface area (Å²) in [5, 5.41) is 0. The molecule has 0 aliphatic heterocycles. The molecule has 0 N–H and O–H groups in total. The number of allylic oxidation sites excluding steroid dienone is 4. The largest absolute Gasteiger partial charge is 0.264 e. The first-order valence-corrected chi connectivity index (χ1v) is 7.18. The van der Waals surface area contributed by atoms with Crippen LogP contribution in [-0.2, 0) is 0 Å². The summed E-state index contributed by atoms with van der Waals surface area (Å²) >= 11 is 0. The normalized spacial score (nSPS) is 19.8. The van der Waals surface area contributed by atoms with Crippen LogP contribution in [0.15, 0.2) is 42.3 Å². The maximum Gasteiger partial charge on any atom is 0.0346 e. The van der Waals surface area contributed by atoms with Crippen molar-refractivity contribution < 1.29 is 0 Å². The maximum absolute atomic E-state index is 4.26. The molecule has 0 bridgehead atoms. The summed E-state index contributed by atoms with van der Waals surface area (Å²) in [4.78, 5) is 4.26. The number of hydrogen-bond donors (Lipinski definition) is 0. The fourth-order valence-electron chi connectivity index (χ4n) is 2.84. The minimum atomic E-state index is 0.437. The number of rotatable bonds is 5. The summed E-state index contributed by atoms with van der Waals surface area (Å²) in [6.45, 7) is 2.27. The van der Waals surface area contributed by atoms with E-state index in [-0.39, 0.29) is 0 Å². The van der Waals surface area contributed by atoms with E-state index >= 15 is 0 Å². The van der Waals surface area contributed by atoms with Gasteiger partial charge in [0.25, 0.3) is 0 Å². The van der Waals surface area contributed by atoms with Gasteiger partial charge in [0.1, 0.15) is 0 Å². The van der Waals surface area contributed by atoms with Crippen molar-refractivity contribution in [2.45, 2.75) is 45.4 Å². The van der Waals surface area contributed by atoms with Crippen LogP contribution in [0.25, 0.3) is 5.57 Å². The maximum atomic E-state index is 4.26. The van der Waals surface area contributed by atoms with Crippen LogP contribution in [0.1, 0.15) is 51.0 Å². The van der Waals surface area contributed by atoms with Gasteiger partial charge >= 0.3 is 0 Å². The minimum Gasteiger partial charge on any atom is -0.264 e. The second kappa shape index (κ2) is 4.72. The first kappa shape index (κ1) is 11.7. The van der Waals surface area contributed by atoms with E-state index in [4.69, 9.17) is 0 Å². The van der Waals surface area contributed by atoms with Gasteiger partial charge in [-0.05, 0) is 48.5 Å². The molecule has 0 atom stereocenters. The molecule has 1 heterocycles. The first-order chi connectivity index (χ1) is 8.83. The lowest BCUT2D eigenvalue weighted by atomic mass is 9.98. The van der Waals surface area contributed by atoms with Crippen molar-refractivity contribution in [3.63, 3.8) is 0 Å². The van der Waals surface area contributed by atoms with Crippen molar-refractivity contribution in [3.8, 4) is 0 Å². The molecule has 0 amide bonds. The van der Waals surface area contributed by atoms with Crippen molar-refractivity contribution >= 4 is 5.57 Å². The third-order valence-corrected chi connectivity index (χ3v) is 4.09. The molecule has 94 valence electrons. The molecular formula is C17H21N. The first-order valence-electron chi connectivity index (χ1n) is 7.18. The second-order valence-electron chi connectivity index (χ2n) is 5.66. The Kier molecular flexibility index (Phi) is 3.07. The van der Waals surface area contributed by atoms with E-state index in [1.54, 1.807) is 5.57 Å². The van der Waals surface area contributed by atoms with E-state index in [1.165, 1.54) is 49.7 Å². The lowest BCUT2D eigenvalue weighted by Gasteiger charge is -2.08. The van der Waals surface area contributed by atoms with E-state index in [9.17, 15) is 0 Å². The molecule has 1 heteroatoms. The Morgan fingerprint density at radius 3 is 2.78 bits per heavy atom. The molecule has 1 aromatic heterocycles. The summed E-state index contributed by atoms with van der Waals surface area (Å²) in [5.41, 5.74) is 4.75. The fourth-order valence-corrected chi connectivity index (χ4v) is 2.84. The Balaban J connectivity index is 1.81. The standard InChI is InChI=1S/C17H21N/c1-2-3-4-6-14-11-17(8-9-17)12-16(14)15-7-5-10-18-13-15/h5,7,10-13H,2-4,6,8-9H2,1H3. The molecule has 2 aliphatic carbocycles. The lowest BCUT2D eigenvalue weighted by Crippen LogP contribution is -1.88. The number of pyridine rings is 1. The monoisotopic (exact) mass is 239 g/mol. The van der Waals surface area contributed by atoms with Crippen molar-refractivity contribution in [3.05, 3.63) is 47.8 Å². The molecule has 1 spiro atoms. The van der Waals surface area contributed by atoms with Crippen molar-refractivity contribution in [2.75, 3.05) is 0 Å². The highest BCUT2D eigenvalue weighted by molar-refractivity contribution is 5.83. The molecule has 0 saturated heterocycles. The topological polar surface area (TPSA) is 12.9 Å². The molecule has 1 aromatic rings. The lowest BCUT2D eigenvalue weighted by molar-refractivity contribution is 0.718. The van der Waals surface area contributed by atoms with Crippen LogP contribution in [0, 0.1) is 5.41 Å². The molecular weight excluding hydrogens is 218 g/mol. The smallest absolute Gasteiger partial charge is 0.0346 e. The molecule has 0 aromatic carbocycles. The Morgan fingerprint density at radius 1 is 1.22 bits per heavy atom. The van der Waals surface area contributed by atoms with Crippen LogP contribution in [0.5, 0.6) is 0 Å². The van der Waals surface area contributed by atoms with Gasteiger partial charge in [-0.1, -0.05) is 38.0 Å². The van der Waals surface area contributed by atoms with Crippen LogP contribution in [-0.4, -0.2) is 4.98 Å². The number of unbranched alkanes of at least 4 members (excludes halogenated alkanes) is 2. The SMILES string of the molecule is CCCCCC1=CC2(C=C1c1cccnc1)CC2. The number of nitrogens with zero attached hydrogens (tertiary/aromatic N) is 1. The highest BCUT2D eigenvalue weighted by Gasteiger charge is 2.42. The van der Waals surface area contributed by atoms with Gasteiger partial charge in [-0.15, -0.1) is 0 Å². The van der Waals surface area contributed by atoms with Gasteiger partial charge in [0, 0.05) is 17.8 Å². The quantitative estimate of drug-likeness (QED) is 0.675. The molecule has 1 fully saturated rings. The van der Waals surface area contributed by atoms with E-state index in [1.807, 2.05) is 18.5 Å². The van der Waals surface area contributed by atoms with Gasteiger partial charge in [-0.2, -0.15) is 0 Å². The van der Waals surface area contributed by atoms with Gasteiger partial charge in [0.05, 0.1) is 0 Å². The zero-order valence-electron chi connectivity index (χ0n) is 11.2. The Morgan fingerprint density at radius 2 is 2.11 bits per heavy atom. The van der Waals surface area contributed by atoms with Gasteiger partial charge in [-0.3, -0.25) is 4.98 Å². The average molecular weight is 239 g/mol. The van der Waals surface area contributed by atoms with Crippen molar-refractivity contribution in [2.24, 2.45) is 5.41 Å². The number of aromatic nitrogens is 1. The number of hydrogen-bond acceptors (Lipinski definition) is 1. The molecule has 18 heavy (non-hydrogen) atoms. The average Bonchev–Trinajstić information content (AvgIpc) is 3.05. The van der Waals surface area contributed by atoms with E-state index in [0.717, 1.165) is 0 Å². The highest BCUT2D eigenvalue weighted by atomic mass is 14.6. The van der Waals surface area contributed by atoms with E-state index in [2.05, 4.69) is 30.1 Å². The van der Waals surface area contributed by atoms with Gasteiger partial charge in [-0.25, -0.2) is 0 Å².